The maximum atomic E-state index is 5.50. The molecule has 0 radical (unpaired) electrons. The third kappa shape index (κ3) is 5.39. The summed E-state index contributed by atoms with van der Waals surface area (Å²) >= 11 is 0. The van der Waals surface area contributed by atoms with Gasteiger partial charge in [0.15, 0.2) is 5.96 Å². The lowest BCUT2D eigenvalue weighted by Gasteiger charge is -2.35. The molecule has 1 fully saturated rings. The van der Waals surface area contributed by atoms with Crippen LogP contribution in [-0.4, -0.2) is 64.4 Å². The first kappa shape index (κ1) is 18.5. The van der Waals surface area contributed by atoms with Crippen molar-refractivity contribution in [3.8, 4) is 5.75 Å². The van der Waals surface area contributed by atoms with Crippen LogP contribution in [0.5, 0.6) is 5.75 Å². The number of guanidine groups is 1. The van der Waals surface area contributed by atoms with Crippen LogP contribution in [0, 0.1) is 0 Å². The number of aliphatic imine (C=N–C) groups is 1. The van der Waals surface area contributed by atoms with Gasteiger partial charge in [0, 0.05) is 33.2 Å². The third-order valence-electron chi connectivity index (χ3n) is 4.22. The van der Waals surface area contributed by atoms with Crippen molar-refractivity contribution >= 4 is 5.96 Å². The summed E-state index contributed by atoms with van der Waals surface area (Å²) in [5, 5.41) is 6.78. The molecule has 0 aromatic heterocycles. The average Bonchev–Trinajstić information content (AvgIpc) is 2.65. The van der Waals surface area contributed by atoms with Crippen molar-refractivity contribution in [1.29, 1.82) is 0 Å². The summed E-state index contributed by atoms with van der Waals surface area (Å²) in [6.45, 7) is 7.33. The summed E-state index contributed by atoms with van der Waals surface area (Å²) in [7, 11) is 3.50. The van der Waals surface area contributed by atoms with E-state index >= 15 is 0 Å². The van der Waals surface area contributed by atoms with E-state index in [9.17, 15) is 0 Å². The smallest absolute Gasteiger partial charge is 0.191 e. The number of nitrogens with zero attached hydrogens (tertiary/aromatic N) is 2. The molecule has 6 nitrogen and oxygen atoms in total. The molecule has 24 heavy (non-hydrogen) atoms. The normalized spacial score (nSPS) is 17.4. The van der Waals surface area contributed by atoms with Gasteiger partial charge in [0.1, 0.15) is 5.75 Å². The lowest BCUT2D eigenvalue weighted by Crippen LogP contribution is -2.46. The van der Waals surface area contributed by atoms with Crippen molar-refractivity contribution in [2.45, 2.75) is 19.4 Å². The monoisotopic (exact) mass is 334 g/mol. The molecule has 1 aromatic carbocycles. The van der Waals surface area contributed by atoms with Crippen LogP contribution in [0.3, 0.4) is 0 Å². The third-order valence-corrected chi connectivity index (χ3v) is 4.22. The highest BCUT2D eigenvalue weighted by Crippen LogP contribution is 2.23. The van der Waals surface area contributed by atoms with Gasteiger partial charge in [-0.15, -0.1) is 0 Å². The Bertz CT molecular complexity index is 498. The van der Waals surface area contributed by atoms with Crippen LogP contribution in [0.2, 0.25) is 0 Å². The van der Waals surface area contributed by atoms with E-state index in [2.05, 4.69) is 39.6 Å². The highest BCUT2D eigenvalue weighted by atomic mass is 16.5. The van der Waals surface area contributed by atoms with Crippen molar-refractivity contribution in [2.75, 3.05) is 53.6 Å². The molecular weight excluding hydrogens is 304 g/mol. The van der Waals surface area contributed by atoms with E-state index < -0.39 is 0 Å². The molecule has 1 saturated heterocycles. The highest BCUT2D eigenvalue weighted by molar-refractivity contribution is 5.79. The first-order chi connectivity index (χ1) is 11.8. The molecule has 1 heterocycles. The van der Waals surface area contributed by atoms with Crippen LogP contribution in [0.4, 0.5) is 0 Å². The van der Waals surface area contributed by atoms with Crippen LogP contribution in [0.1, 0.15) is 24.9 Å². The molecule has 0 bridgehead atoms. The largest absolute Gasteiger partial charge is 0.497 e. The summed E-state index contributed by atoms with van der Waals surface area (Å²) in [5.74, 6) is 1.73. The molecule has 1 aliphatic heterocycles. The quantitative estimate of drug-likeness (QED) is 0.586. The molecule has 0 saturated carbocycles. The zero-order chi connectivity index (χ0) is 17.2. The fourth-order valence-electron chi connectivity index (χ4n) is 2.83. The van der Waals surface area contributed by atoms with Crippen molar-refractivity contribution in [3.63, 3.8) is 0 Å². The topological polar surface area (TPSA) is 58.1 Å². The second-order valence-corrected chi connectivity index (χ2v) is 5.82. The number of hydrogen-bond acceptors (Lipinski definition) is 4. The lowest BCUT2D eigenvalue weighted by atomic mass is 10.0. The fourth-order valence-corrected chi connectivity index (χ4v) is 2.83. The van der Waals surface area contributed by atoms with E-state index in [1.165, 1.54) is 5.56 Å². The van der Waals surface area contributed by atoms with Gasteiger partial charge in [-0.25, -0.2) is 0 Å². The number of rotatable bonds is 7. The van der Waals surface area contributed by atoms with E-state index in [1.807, 2.05) is 19.2 Å². The predicted molar refractivity (Wildman–Crippen MR) is 97.8 cm³/mol. The summed E-state index contributed by atoms with van der Waals surface area (Å²) in [4.78, 5) is 6.76. The summed E-state index contributed by atoms with van der Waals surface area (Å²) in [6, 6.07) is 8.60. The first-order valence-corrected chi connectivity index (χ1v) is 8.68. The minimum Gasteiger partial charge on any atom is -0.497 e. The Balaban J connectivity index is 2.06. The number of morpholine rings is 1. The van der Waals surface area contributed by atoms with Crippen molar-refractivity contribution in [1.82, 2.24) is 15.5 Å². The molecule has 1 aromatic rings. The predicted octanol–water partition coefficient (Wildman–Crippen LogP) is 1.64. The minimum absolute atomic E-state index is 0.278. The minimum atomic E-state index is 0.278. The lowest BCUT2D eigenvalue weighted by molar-refractivity contribution is 0.0170. The molecule has 0 aliphatic carbocycles. The SMILES string of the molecule is CCCNC(=NC)NCC(c1ccc(OC)cc1)N1CCOCC1. The van der Waals surface area contributed by atoms with Crippen LogP contribution in [0.25, 0.3) is 0 Å². The maximum Gasteiger partial charge on any atom is 0.191 e. The molecular formula is C18H30N4O2. The Labute approximate surface area is 145 Å². The van der Waals surface area contributed by atoms with E-state index in [-0.39, 0.29) is 6.04 Å². The molecule has 2 rings (SSSR count). The summed E-state index contributed by atoms with van der Waals surface area (Å²) in [6.07, 6.45) is 1.08. The van der Waals surface area contributed by atoms with Crippen molar-refractivity contribution in [3.05, 3.63) is 29.8 Å². The maximum absolute atomic E-state index is 5.50. The van der Waals surface area contributed by atoms with Gasteiger partial charge < -0.3 is 20.1 Å². The van der Waals surface area contributed by atoms with Crippen LogP contribution in [-0.2, 0) is 4.74 Å². The molecule has 1 atom stereocenters. The molecule has 6 heteroatoms. The van der Waals surface area contributed by atoms with Gasteiger partial charge in [0.25, 0.3) is 0 Å². The molecule has 2 N–H and O–H groups in total. The summed E-state index contributed by atoms with van der Waals surface area (Å²) < 4.78 is 10.8. The standard InChI is InChI=1S/C18H30N4O2/c1-4-9-20-18(19-2)21-14-17(22-10-12-24-13-11-22)15-5-7-16(23-3)8-6-15/h5-8,17H,4,9-14H2,1-3H3,(H2,19,20,21). The number of nitrogens with one attached hydrogen (secondary N) is 2. The van der Waals surface area contributed by atoms with Gasteiger partial charge in [0.2, 0.25) is 0 Å². The first-order valence-electron chi connectivity index (χ1n) is 8.68. The average molecular weight is 334 g/mol. The van der Waals surface area contributed by atoms with Crippen LogP contribution in [0.15, 0.2) is 29.3 Å². The zero-order valence-corrected chi connectivity index (χ0v) is 15.0. The van der Waals surface area contributed by atoms with Gasteiger partial charge in [0.05, 0.1) is 26.4 Å². The number of methoxy groups -OCH3 is 1. The molecule has 1 aliphatic rings. The van der Waals surface area contributed by atoms with Crippen molar-refractivity contribution < 1.29 is 9.47 Å². The van der Waals surface area contributed by atoms with Gasteiger partial charge in [-0.2, -0.15) is 0 Å². The Hall–Kier alpha value is -1.79. The fraction of sp³-hybridized carbons (Fsp3) is 0.611. The number of hydrogen-bond donors (Lipinski definition) is 2. The van der Waals surface area contributed by atoms with Crippen molar-refractivity contribution in [2.24, 2.45) is 4.99 Å². The molecule has 134 valence electrons. The Morgan fingerprint density at radius 2 is 1.96 bits per heavy atom. The number of benzene rings is 1. The van der Waals surface area contributed by atoms with Gasteiger partial charge in [-0.05, 0) is 24.1 Å². The van der Waals surface area contributed by atoms with Crippen LogP contribution >= 0.6 is 0 Å². The Morgan fingerprint density at radius 3 is 2.54 bits per heavy atom. The summed E-state index contributed by atoms with van der Waals surface area (Å²) in [5.41, 5.74) is 1.27. The Morgan fingerprint density at radius 1 is 1.25 bits per heavy atom. The molecule has 0 amide bonds. The van der Waals surface area contributed by atoms with E-state index in [4.69, 9.17) is 9.47 Å². The second-order valence-electron chi connectivity index (χ2n) is 5.82. The zero-order valence-electron chi connectivity index (χ0n) is 15.0. The Kier molecular flexibility index (Phi) is 7.85. The number of ether oxygens (including phenoxy) is 2. The van der Waals surface area contributed by atoms with Gasteiger partial charge >= 0.3 is 0 Å². The van der Waals surface area contributed by atoms with E-state index in [0.717, 1.165) is 57.5 Å². The van der Waals surface area contributed by atoms with Crippen LogP contribution < -0.4 is 15.4 Å². The van der Waals surface area contributed by atoms with Gasteiger partial charge in [-0.1, -0.05) is 19.1 Å². The molecule has 1 unspecified atom stereocenters. The molecule has 0 spiro atoms. The van der Waals surface area contributed by atoms with E-state index in [0.29, 0.717) is 0 Å². The highest BCUT2D eigenvalue weighted by Gasteiger charge is 2.22. The van der Waals surface area contributed by atoms with Gasteiger partial charge in [-0.3, -0.25) is 9.89 Å². The van der Waals surface area contributed by atoms with E-state index in [1.54, 1.807) is 7.11 Å². The second kappa shape index (κ2) is 10.2.